The molecule has 3 nitrogen and oxygen atoms in total. The van der Waals surface area contributed by atoms with Crippen molar-refractivity contribution in [2.24, 2.45) is 0 Å². The first kappa shape index (κ1) is 13.3. The Hall–Kier alpha value is -1.79. The van der Waals surface area contributed by atoms with Crippen molar-refractivity contribution in [3.8, 4) is 12.3 Å². The van der Waals surface area contributed by atoms with Gasteiger partial charge in [-0.2, -0.15) is 0 Å². The van der Waals surface area contributed by atoms with Gasteiger partial charge < -0.3 is 5.11 Å². The Bertz CT molecular complexity index is 403. The first-order chi connectivity index (χ1) is 8.11. The van der Waals surface area contributed by atoms with E-state index in [1.54, 1.807) is 0 Å². The minimum atomic E-state index is -0.795. The second-order valence-corrected chi connectivity index (χ2v) is 4.04. The average Bonchev–Trinajstić information content (AvgIpc) is 2.29. The molecule has 0 amide bonds. The van der Waals surface area contributed by atoms with Gasteiger partial charge in [-0.05, 0) is 12.5 Å². The smallest absolute Gasteiger partial charge is 0.304 e. The molecule has 0 radical (unpaired) electrons. The first-order valence-electron chi connectivity index (χ1n) is 5.55. The SMILES string of the molecule is C#CCN(CCC(=O)O)Cc1ccc(C)cc1. The topological polar surface area (TPSA) is 40.5 Å². The van der Waals surface area contributed by atoms with Crippen LogP contribution in [0.1, 0.15) is 17.5 Å². The van der Waals surface area contributed by atoms with E-state index in [-0.39, 0.29) is 6.42 Å². The molecule has 0 saturated heterocycles. The summed E-state index contributed by atoms with van der Waals surface area (Å²) in [6.07, 6.45) is 5.39. The predicted octanol–water partition coefficient (Wildman–Crippen LogP) is 1.90. The number of carboxylic acids is 1. The van der Waals surface area contributed by atoms with Gasteiger partial charge in [0.2, 0.25) is 0 Å². The minimum Gasteiger partial charge on any atom is -0.481 e. The molecule has 0 unspecified atom stereocenters. The number of hydrogen-bond donors (Lipinski definition) is 1. The molecule has 0 aliphatic carbocycles. The van der Waals surface area contributed by atoms with Crippen LogP contribution in [0.5, 0.6) is 0 Å². The highest BCUT2D eigenvalue weighted by molar-refractivity contribution is 5.66. The average molecular weight is 231 g/mol. The molecule has 0 spiro atoms. The monoisotopic (exact) mass is 231 g/mol. The Labute approximate surface area is 102 Å². The number of benzene rings is 1. The lowest BCUT2D eigenvalue weighted by Crippen LogP contribution is -2.26. The number of hydrogen-bond acceptors (Lipinski definition) is 2. The van der Waals surface area contributed by atoms with E-state index in [0.717, 1.165) is 5.56 Å². The first-order valence-corrected chi connectivity index (χ1v) is 5.55. The highest BCUT2D eigenvalue weighted by Crippen LogP contribution is 2.07. The summed E-state index contributed by atoms with van der Waals surface area (Å²) in [6, 6.07) is 8.17. The summed E-state index contributed by atoms with van der Waals surface area (Å²) in [6.45, 7) is 3.68. The van der Waals surface area contributed by atoms with E-state index in [0.29, 0.717) is 19.6 Å². The summed E-state index contributed by atoms with van der Waals surface area (Å²) < 4.78 is 0. The van der Waals surface area contributed by atoms with E-state index < -0.39 is 5.97 Å². The van der Waals surface area contributed by atoms with Crippen LogP contribution in [0.25, 0.3) is 0 Å². The van der Waals surface area contributed by atoms with Gasteiger partial charge in [-0.3, -0.25) is 9.69 Å². The number of aliphatic carboxylic acids is 1. The van der Waals surface area contributed by atoms with Gasteiger partial charge in [0.25, 0.3) is 0 Å². The maximum absolute atomic E-state index is 10.5. The quantitative estimate of drug-likeness (QED) is 0.760. The number of carboxylic acid groups (broad SMARTS) is 1. The molecule has 1 N–H and O–H groups in total. The fourth-order valence-corrected chi connectivity index (χ4v) is 1.55. The Balaban J connectivity index is 2.56. The van der Waals surface area contributed by atoms with E-state index in [1.807, 2.05) is 36.1 Å². The third-order valence-electron chi connectivity index (χ3n) is 2.48. The molecule has 90 valence electrons. The van der Waals surface area contributed by atoms with E-state index in [2.05, 4.69) is 5.92 Å². The lowest BCUT2D eigenvalue weighted by molar-refractivity contribution is -0.137. The third kappa shape index (κ3) is 5.19. The lowest BCUT2D eigenvalue weighted by atomic mass is 10.1. The standard InChI is InChI=1S/C14H17NO2/c1-3-9-15(10-8-14(16)17)11-13-6-4-12(2)5-7-13/h1,4-7H,8-11H2,2H3,(H,16,17). The second kappa shape index (κ2) is 6.72. The molecule has 3 heteroatoms. The molecule has 1 rings (SSSR count). The van der Waals surface area contributed by atoms with Crippen molar-refractivity contribution < 1.29 is 9.90 Å². The number of carbonyl (C=O) groups is 1. The molecule has 0 aromatic heterocycles. The van der Waals surface area contributed by atoms with Gasteiger partial charge in [-0.15, -0.1) is 6.42 Å². The van der Waals surface area contributed by atoms with Crippen molar-refractivity contribution >= 4 is 5.97 Å². The van der Waals surface area contributed by atoms with Crippen LogP contribution in [0.4, 0.5) is 0 Å². The van der Waals surface area contributed by atoms with Gasteiger partial charge in [0.1, 0.15) is 0 Å². The molecule has 0 heterocycles. The van der Waals surface area contributed by atoms with Gasteiger partial charge in [0.15, 0.2) is 0 Å². The maximum Gasteiger partial charge on any atom is 0.304 e. The Morgan fingerprint density at radius 1 is 1.41 bits per heavy atom. The molecule has 0 aliphatic heterocycles. The molecule has 0 atom stereocenters. The van der Waals surface area contributed by atoms with Crippen molar-refractivity contribution in [2.45, 2.75) is 19.9 Å². The lowest BCUT2D eigenvalue weighted by Gasteiger charge is -2.18. The zero-order valence-corrected chi connectivity index (χ0v) is 10.0. The number of aryl methyl sites for hydroxylation is 1. The molecule has 1 aromatic carbocycles. The van der Waals surface area contributed by atoms with Gasteiger partial charge >= 0.3 is 5.97 Å². The summed E-state index contributed by atoms with van der Waals surface area (Å²) in [5.74, 6) is 1.76. The molecule has 0 saturated carbocycles. The van der Waals surface area contributed by atoms with E-state index in [9.17, 15) is 4.79 Å². The summed E-state index contributed by atoms with van der Waals surface area (Å²) in [5.41, 5.74) is 2.36. The molecule has 1 aromatic rings. The van der Waals surface area contributed by atoms with Crippen LogP contribution < -0.4 is 0 Å². The predicted molar refractivity (Wildman–Crippen MR) is 67.5 cm³/mol. The second-order valence-electron chi connectivity index (χ2n) is 4.04. The van der Waals surface area contributed by atoms with Crippen molar-refractivity contribution in [3.63, 3.8) is 0 Å². The van der Waals surface area contributed by atoms with Crippen molar-refractivity contribution in [1.29, 1.82) is 0 Å². The molecule has 0 aliphatic rings. The Kier molecular flexibility index (Phi) is 5.25. The summed E-state index contributed by atoms with van der Waals surface area (Å²) in [5, 5.41) is 8.65. The van der Waals surface area contributed by atoms with Crippen LogP contribution in [0.2, 0.25) is 0 Å². The molecule has 0 bridgehead atoms. The van der Waals surface area contributed by atoms with Crippen LogP contribution in [0, 0.1) is 19.3 Å². The van der Waals surface area contributed by atoms with Crippen molar-refractivity contribution in [3.05, 3.63) is 35.4 Å². The fraction of sp³-hybridized carbons (Fsp3) is 0.357. The summed E-state index contributed by atoms with van der Waals surface area (Å²) >= 11 is 0. The summed E-state index contributed by atoms with van der Waals surface area (Å²) in [4.78, 5) is 12.5. The fourth-order valence-electron chi connectivity index (χ4n) is 1.55. The van der Waals surface area contributed by atoms with Crippen LogP contribution in [0.15, 0.2) is 24.3 Å². The maximum atomic E-state index is 10.5. The van der Waals surface area contributed by atoms with Crippen molar-refractivity contribution in [1.82, 2.24) is 4.90 Å². The van der Waals surface area contributed by atoms with Gasteiger partial charge in [-0.25, -0.2) is 0 Å². The normalized spacial score (nSPS) is 10.2. The highest BCUT2D eigenvalue weighted by atomic mass is 16.4. The van der Waals surface area contributed by atoms with Gasteiger partial charge in [0.05, 0.1) is 13.0 Å². The molecule has 17 heavy (non-hydrogen) atoms. The van der Waals surface area contributed by atoms with E-state index in [1.165, 1.54) is 5.56 Å². The van der Waals surface area contributed by atoms with Crippen LogP contribution in [-0.4, -0.2) is 29.1 Å². The van der Waals surface area contributed by atoms with Gasteiger partial charge in [0, 0.05) is 13.1 Å². The third-order valence-corrected chi connectivity index (χ3v) is 2.48. The minimum absolute atomic E-state index is 0.119. The van der Waals surface area contributed by atoms with Gasteiger partial charge in [-0.1, -0.05) is 35.7 Å². The summed E-state index contributed by atoms with van der Waals surface area (Å²) in [7, 11) is 0. The van der Waals surface area contributed by atoms with Crippen LogP contribution >= 0.6 is 0 Å². The van der Waals surface area contributed by atoms with Crippen LogP contribution in [-0.2, 0) is 11.3 Å². The van der Waals surface area contributed by atoms with E-state index >= 15 is 0 Å². The largest absolute Gasteiger partial charge is 0.481 e. The number of nitrogens with zero attached hydrogens (tertiary/aromatic N) is 1. The van der Waals surface area contributed by atoms with Crippen LogP contribution in [0.3, 0.4) is 0 Å². The Morgan fingerprint density at radius 3 is 2.59 bits per heavy atom. The van der Waals surface area contributed by atoms with E-state index in [4.69, 9.17) is 11.5 Å². The van der Waals surface area contributed by atoms with Crippen molar-refractivity contribution in [2.75, 3.05) is 13.1 Å². The number of rotatable bonds is 6. The molecule has 0 fully saturated rings. The zero-order chi connectivity index (χ0) is 12.7. The number of terminal acetylenes is 1. The zero-order valence-electron chi connectivity index (χ0n) is 10.0. The Morgan fingerprint density at radius 2 is 2.06 bits per heavy atom. The molecular weight excluding hydrogens is 214 g/mol. The molecular formula is C14H17NO2. The highest BCUT2D eigenvalue weighted by Gasteiger charge is 2.07.